The van der Waals surface area contributed by atoms with Crippen LogP contribution in [0.3, 0.4) is 0 Å². The van der Waals surface area contributed by atoms with Crippen LogP contribution in [0, 0.1) is 11.7 Å². The van der Waals surface area contributed by atoms with E-state index in [2.05, 4.69) is 22.5 Å². The molecule has 1 aromatic rings. The molecular formula is C20H35FIN3O2. The lowest BCUT2D eigenvalue weighted by molar-refractivity contribution is 0.191. The van der Waals surface area contributed by atoms with Crippen LogP contribution >= 0.6 is 24.0 Å². The first kappa shape index (κ1) is 25.9. The lowest BCUT2D eigenvalue weighted by atomic mass is 10.0. The smallest absolute Gasteiger partial charge is 0.191 e. The molecule has 2 unspecified atom stereocenters. The first-order chi connectivity index (χ1) is 12.6. The van der Waals surface area contributed by atoms with E-state index in [-0.39, 0.29) is 48.3 Å². The van der Waals surface area contributed by atoms with E-state index >= 15 is 0 Å². The van der Waals surface area contributed by atoms with Crippen molar-refractivity contribution in [2.24, 2.45) is 10.9 Å². The highest BCUT2D eigenvalue weighted by molar-refractivity contribution is 14.0. The van der Waals surface area contributed by atoms with Crippen LogP contribution < -0.4 is 15.4 Å². The third-order valence-electron chi connectivity index (χ3n) is 4.17. The minimum absolute atomic E-state index is 0. The van der Waals surface area contributed by atoms with Crippen molar-refractivity contribution in [3.8, 4) is 5.75 Å². The Hall–Kier alpha value is -1.09. The van der Waals surface area contributed by atoms with Crippen molar-refractivity contribution in [2.75, 3.05) is 26.2 Å². The molecular weight excluding hydrogens is 460 g/mol. The number of halogens is 2. The molecule has 0 heterocycles. The van der Waals surface area contributed by atoms with Crippen molar-refractivity contribution < 1.29 is 14.2 Å². The van der Waals surface area contributed by atoms with Gasteiger partial charge in [0.15, 0.2) is 17.5 Å². The molecule has 0 aliphatic carbocycles. The van der Waals surface area contributed by atoms with Crippen LogP contribution in [0.15, 0.2) is 29.3 Å². The summed E-state index contributed by atoms with van der Waals surface area (Å²) >= 11 is 0. The van der Waals surface area contributed by atoms with E-state index in [1.54, 1.807) is 18.2 Å². The number of para-hydroxylation sites is 1. The average molecular weight is 495 g/mol. The fourth-order valence-corrected chi connectivity index (χ4v) is 2.68. The highest BCUT2D eigenvalue weighted by Crippen LogP contribution is 2.17. The van der Waals surface area contributed by atoms with Crippen molar-refractivity contribution in [1.29, 1.82) is 0 Å². The Labute approximate surface area is 180 Å². The Bertz CT molecular complexity index is 526. The lowest BCUT2D eigenvalue weighted by Gasteiger charge is -2.20. The van der Waals surface area contributed by atoms with Crippen LogP contribution in [0.5, 0.6) is 5.75 Å². The summed E-state index contributed by atoms with van der Waals surface area (Å²) in [5.74, 6) is 1.03. The number of rotatable bonds is 12. The van der Waals surface area contributed by atoms with E-state index < -0.39 is 0 Å². The van der Waals surface area contributed by atoms with Gasteiger partial charge in [-0.15, -0.1) is 24.0 Å². The molecule has 0 aromatic heterocycles. The number of ether oxygens (including phenoxy) is 1. The standard InChI is InChI=1S/C20H34FN3O2.HI/c1-4-9-16(12-13-25)14-23-20(22-6-3)24-15-17(5-2)26-19-11-8-7-10-18(19)21;/h7-8,10-11,16-17,25H,4-6,9,12-15H2,1-3H3,(H2,22,23,24);1H. The fraction of sp³-hybridized carbons (Fsp3) is 0.650. The lowest BCUT2D eigenvalue weighted by Crippen LogP contribution is -2.42. The Morgan fingerprint density at radius 2 is 1.93 bits per heavy atom. The van der Waals surface area contributed by atoms with Gasteiger partial charge in [-0.25, -0.2) is 4.39 Å². The van der Waals surface area contributed by atoms with Crippen LogP contribution in [0.25, 0.3) is 0 Å². The summed E-state index contributed by atoms with van der Waals surface area (Å²) in [6.45, 7) is 8.33. The van der Waals surface area contributed by atoms with Gasteiger partial charge in [0.05, 0.1) is 6.54 Å². The monoisotopic (exact) mass is 495 g/mol. The van der Waals surface area contributed by atoms with E-state index in [0.717, 1.165) is 38.2 Å². The topological polar surface area (TPSA) is 65.9 Å². The van der Waals surface area contributed by atoms with Gasteiger partial charge in [-0.05, 0) is 44.2 Å². The maximum absolute atomic E-state index is 13.8. The number of nitrogens with zero attached hydrogens (tertiary/aromatic N) is 1. The van der Waals surface area contributed by atoms with Crippen molar-refractivity contribution in [3.05, 3.63) is 30.1 Å². The quantitative estimate of drug-likeness (QED) is 0.234. The van der Waals surface area contributed by atoms with Crippen LogP contribution in [0.2, 0.25) is 0 Å². The molecule has 0 aliphatic rings. The van der Waals surface area contributed by atoms with Crippen LogP contribution in [0.1, 0.15) is 46.5 Å². The molecule has 1 rings (SSSR count). The van der Waals surface area contributed by atoms with Gasteiger partial charge in [-0.2, -0.15) is 0 Å². The third-order valence-corrected chi connectivity index (χ3v) is 4.17. The molecule has 7 heteroatoms. The molecule has 3 N–H and O–H groups in total. The van der Waals surface area contributed by atoms with Gasteiger partial charge in [-0.1, -0.05) is 32.4 Å². The third kappa shape index (κ3) is 10.7. The minimum atomic E-state index is -0.349. The zero-order valence-corrected chi connectivity index (χ0v) is 19.0. The number of hydrogen-bond donors (Lipinski definition) is 3. The van der Waals surface area contributed by atoms with Gasteiger partial charge < -0.3 is 20.5 Å². The van der Waals surface area contributed by atoms with Crippen molar-refractivity contribution in [3.63, 3.8) is 0 Å². The average Bonchev–Trinajstić information content (AvgIpc) is 2.64. The van der Waals surface area contributed by atoms with E-state index in [1.807, 2.05) is 13.8 Å². The summed E-state index contributed by atoms with van der Waals surface area (Å²) in [4.78, 5) is 4.64. The molecule has 27 heavy (non-hydrogen) atoms. The number of benzene rings is 1. The first-order valence-corrected chi connectivity index (χ1v) is 9.68. The molecule has 156 valence electrons. The highest BCUT2D eigenvalue weighted by atomic mass is 127. The molecule has 0 saturated carbocycles. The molecule has 5 nitrogen and oxygen atoms in total. The maximum atomic E-state index is 13.8. The molecule has 0 bridgehead atoms. The summed E-state index contributed by atoms with van der Waals surface area (Å²) in [7, 11) is 0. The van der Waals surface area contributed by atoms with Gasteiger partial charge >= 0.3 is 0 Å². The zero-order chi connectivity index (χ0) is 19.2. The van der Waals surface area contributed by atoms with Gasteiger partial charge in [0.2, 0.25) is 0 Å². The number of aliphatic imine (C=N–C) groups is 1. The molecule has 0 amide bonds. The molecule has 0 radical (unpaired) electrons. The second-order valence-electron chi connectivity index (χ2n) is 6.35. The largest absolute Gasteiger partial charge is 0.486 e. The fourth-order valence-electron chi connectivity index (χ4n) is 2.68. The van der Waals surface area contributed by atoms with Gasteiger partial charge in [0.25, 0.3) is 0 Å². The van der Waals surface area contributed by atoms with E-state index in [1.165, 1.54) is 6.07 Å². The number of nitrogens with one attached hydrogen (secondary N) is 2. The number of hydrogen-bond acceptors (Lipinski definition) is 3. The van der Waals surface area contributed by atoms with Gasteiger partial charge in [0, 0.05) is 19.7 Å². The molecule has 1 aromatic carbocycles. The SMILES string of the molecule is CCCC(CCO)CN=C(NCC)NCC(CC)Oc1ccccc1F.I. The minimum Gasteiger partial charge on any atom is -0.486 e. The van der Waals surface area contributed by atoms with Crippen molar-refractivity contribution >= 4 is 29.9 Å². The van der Waals surface area contributed by atoms with Gasteiger partial charge in [-0.3, -0.25) is 4.99 Å². The predicted octanol–water partition coefficient (Wildman–Crippen LogP) is 3.95. The Balaban J connectivity index is 0.00000676. The maximum Gasteiger partial charge on any atom is 0.191 e. The molecule has 2 atom stereocenters. The Kier molecular flexibility index (Phi) is 15.3. The molecule has 0 spiro atoms. The summed E-state index contributed by atoms with van der Waals surface area (Å²) in [5.41, 5.74) is 0. The Morgan fingerprint density at radius 1 is 1.19 bits per heavy atom. The van der Waals surface area contributed by atoms with Crippen LogP contribution in [-0.4, -0.2) is 43.4 Å². The molecule has 0 fully saturated rings. The molecule has 0 aliphatic heterocycles. The van der Waals surface area contributed by atoms with E-state index in [0.29, 0.717) is 19.0 Å². The van der Waals surface area contributed by atoms with Crippen molar-refractivity contribution in [2.45, 2.75) is 52.6 Å². The number of guanidine groups is 1. The number of aliphatic hydroxyl groups excluding tert-OH is 1. The summed E-state index contributed by atoms with van der Waals surface area (Å²) in [6, 6.07) is 6.45. The Morgan fingerprint density at radius 3 is 2.52 bits per heavy atom. The van der Waals surface area contributed by atoms with Crippen molar-refractivity contribution in [1.82, 2.24) is 10.6 Å². The molecule has 0 saturated heterocycles. The number of aliphatic hydroxyl groups is 1. The summed E-state index contributed by atoms with van der Waals surface area (Å²) in [6.07, 6.45) is 3.50. The second kappa shape index (κ2) is 15.9. The highest BCUT2D eigenvalue weighted by Gasteiger charge is 2.12. The summed E-state index contributed by atoms with van der Waals surface area (Å²) < 4.78 is 19.5. The first-order valence-electron chi connectivity index (χ1n) is 9.68. The van der Waals surface area contributed by atoms with E-state index in [4.69, 9.17) is 4.74 Å². The zero-order valence-electron chi connectivity index (χ0n) is 16.7. The van der Waals surface area contributed by atoms with Crippen LogP contribution in [0.4, 0.5) is 4.39 Å². The second-order valence-corrected chi connectivity index (χ2v) is 6.35. The summed E-state index contributed by atoms with van der Waals surface area (Å²) in [5, 5.41) is 15.7. The van der Waals surface area contributed by atoms with Crippen LogP contribution in [-0.2, 0) is 0 Å². The normalized spacial score (nSPS) is 13.4. The predicted molar refractivity (Wildman–Crippen MR) is 121 cm³/mol. The van der Waals surface area contributed by atoms with E-state index in [9.17, 15) is 9.50 Å². The van der Waals surface area contributed by atoms with Gasteiger partial charge in [0.1, 0.15) is 6.10 Å².